The van der Waals surface area contributed by atoms with Crippen molar-refractivity contribution >= 4 is 29.4 Å². The van der Waals surface area contributed by atoms with E-state index in [-0.39, 0.29) is 11.8 Å². The second-order valence-electron chi connectivity index (χ2n) is 5.17. The first kappa shape index (κ1) is 15.5. The van der Waals surface area contributed by atoms with E-state index in [0.717, 1.165) is 0 Å². The molecule has 3 rings (SSSR count). The molecule has 0 saturated heterocycles. The van der Waals surface area contributed by atoms with Crippen LogP contribution < -0.4 is 10.4 Å². The third-order valence-electron chi connectivity index (χ3n) is 3.50. The summed E-state index contributed by atoms with van der Waals surface area (Å²) in [5.74, 6) is -1.20. The summed E-state index contributed by atoms with van der Waals surface area (Å²) in [6.45, 7) is 1.75. The highest BCUT2D eigenvalue weighted by molar-refractivity contribution is 6.23. The van der Waals surface area contributed by atoms with Gasteiger partial charge in [0.2, 0.25) is 0 Å². The van der Waals surface area contributed by atoms with Crippen molar-refractivity contribution < 1.29 is 9.59 Å². The minimum Gasteiger partial charge on any atom is -0.271 e. The number of para-hydroxylation sites is 1. The van der Waals surface area contributed by atoms with Crippen LogP contribution in [0.15, 0.2) is 65.1 Å². The van der Waals surface area contributed by atoms with Gasteiger partial charge in [-0.25, -0.2) is 5.43 Å². The smallest absolute Gasteiger partial charge is 0.271 e. The number of hydrogen-bond donors (Lipinski definition) is 1. The van der Waals surface area contributed by atoms with Crippen LogP contribution in [-0.2, 0) is 4.79 Å². The number of aromatic nitrogens is 1. The van der Waals surface area contributed by atoms with Crippen LogP contribution in [0.1, 0.15) is 17.3 Å². The van der Waals surface area contributed by atoms with E-state index in [1.807, 2.05) is 18.2 Å². The topological polar surface area (TPSA) is 87.0 Å². The van der Waals surface area contributed by atoms with E-state index in [9.17, 15) is 9.59 Å². The predicted octanol–water partition coefficient (Wildman–Crippen LogP) is 1.84. The van der Waals surface area contributed by atoms with Crippen LogP contribution >= 0.6 is 0 Å². The number of anilines is 1. The average molecular weight is 321 g/mol. The molecule has 0 fully saturated rings. The van der Waals surface area contributed by atoms with Crippen molar-refractivity contribution in [3.05, 3.63) is 60.4 Å². The van der Waals surface area contributed by atoms with Crippen LogP contribution in [0, 0.1) is 5.92 Å². The van der Waals surface area contributed by atoms with Gasteiger partial charge in [-0.2, -0.15) is 15.2 Å². The summed E-state index contributed by atoms with van der Waals surface area (Å²) in [6, 6.07) is 12.4. The van der Waals surface area contributed by atoms with Crippen molar-refractivity contribution in [2.45, 2.75) is 6.92 Å². The SMILES string of the molecule is CC1=NN(c2ccccc2)C(=O)C1/C=N/NC(=O)c1cccnc1. The Kier molecular flexibility index (Phi) is 4.42. The first-order valence-electron chi connectivity index (χ1n) is 7.34. The lowest BCUT2D eigenvalue weighted by Gasteiger charge is -2.12. The van der Waals surface area contributed by atoms with E-state index in [4.69, 9.17) is 0 Å². The Morgan fingerprint density at radius 3 is 2.75 bits per heavy atom. The highest BCUT2D eigenvalue weighted by Crippen LogP contribution is 2.22. The van der Waals surface area contributed by atoms with Gasteiger partial charge < -0.3 is 0 Å². The zero-order valence-corrected chi connectivity index (χ0v) is 13.0. The molecule has 1 aliphatic rings. The molecule has 0 radical (unpaired) electrons. The maximum Gasteiger partial charge on any atom is 0.272 e. The Morgan fingerprint density at radius 1 is 1.25 bits per heavy atom. The number of nitrogens with zero attached hydrogens (tertiary/aromatic N) is 4. The van der Waals surface area contributed by atoms with E-state index >= 15 is 0 Å². The molecule has 1 unspecified atom stereocenters. The Balaban J connectivity index is 1.67. The zero-order chi connectivity index (χ0) is 16.9. The second-order valence-corrected chi connectivity index (χ2v) is 5.17. The molecule has 2 amide bonds. The van der Waals surface area contributed by atoms with Crippen molar-refractivity contribution in [1.82, 2.24) is 10.4 Å². The van der Waals surface area contributed by atoms with E-state index in [2.05, 4.69) is 20.6 Å². The fourth-order valence-electron chi connectivity index (χ4n) is 2.24. The minimum absolute atomic E-state index is 0.210. The number of hydrogen-bond acceptors (Lipinski definition) is 5. The van der Waals surface area contributed by atoms with Crippen LogP contribution in [0.25, 0.3) is 0 Å². The standard InChI is InChI=1S/C17H15N5O2/c1-12-15(11-19-20-16(23)13-6-5-9-18-10-13)17(24)22(21-12)14-7-3-2-4-8-14/h2-11,15H,1H3,(H,20,23)/b19-11+. The quantitative estimate of drug-likeness (QED) is 0.688. The average Bonchev–Trinajstić information content (AvgIpc) is 2.91. The molecule has 1 aliphatic heterocycles. The number of hydrazone groups is 2. The molecule has 120 valence electrons. The van der Waals surface area contributed by atoms with E-state index in [0.29, 0.717) is 17.0 Å². The number of benzene rings is 1. The van der Waals surface area contributed by atoms with Gasteiger partial charge in [0.25, 0.3) is 11.8 Å². The van der Waals surface area contributed by atoms with Gasteiger partial charge in [-0.15, -0.1) is 0 Å². The lowest BCUT2D eigenvalue weighted by atomic mass is 10.1. The van der Waals surface area contributed by atoms with Crippen molar-refractivity contribution in [3.63, 3.8) is 0 Å². The molecular weight excluding hydrogens is 306 g/mol. The highest BCUT2D eigenvalue weighted by atomic mass is 16.2. The van der Waals surface area contributed by atoms with Crippen molar-refractivity contribution in [1.29, 1.82) is 0 Å². The molecule has 0 aliphatic carbocycles. The van der Waals surface area contributed by atoms with Gasteiger partial charge in [0.05, 0.1) is 17.0 Å². The number of pyridine rings is 1. The first-order chi connectivity index (χ1) is 11.7. The Morgan fingerprint density at radius 2 is 2.04 bits per heavy atom. The molecule has 0 bridgehead atoms. The van der Waals surface area contributed by atoms with Gasteiger partial charge >= 0.3 is 0 Å². The maximum atomic E-state index is 12.5. The van der Waals surface area contributed by atoms with Gasteiger partial charge in [0, 0.05) is 18.6 Å². The number of nitrogens with one attached hydrogen (secondary N) is 1. The summed E-state index contributed by atoms with van der Waals surface area (Å²) in [5, 5.41) is 9.48. The van der Waals surface area contributed by atoms with Crippen LogP contribution in [0.4, 0.5) is 5.69 Å². The summed E-state index contributed by atoms with van der Waals surface area (Å²) < 4.78 is 0. The van der Waals surface area contributed by atoms with Crippen LogP contribution in [-0.4, -0.2) is 28.7 Å². The number of amides is 2. The second kappa shape index (κ2) is 6.82. The lowest BCUT2D eigenvalue weighted by molar-refractivity contribution is -0.118. The molecule has 2 heterocycles. The fraction of sp³-hybridized carbons (Fsp3) is 0.118. The van der Waals surface area contributed by atoms with Crippen molar-refractivity contribution in [2.75, 3.05) is 5.01 Å². The summed E-state index contributed by atoms with van der Waals surface area (Å²) in [6.07, 6.45) is 4.41. The van der Waals surface area contributed by atoms with Crippen molar-refractivity contribution in [3.8, 4) is 0 Å². The Labute approximate surface area is 138 Å². The predicted molar refractivity (Wildman–Crippen MR) is 90.7 cm³/mol. The Hall–Kier alpha value is -3.35. The van der Waals surface area contributed by atoms with Gasteiger partial charge in [-0.1, -0.05) is 18.2 Å². The Bertz CT molecular complexity index is 802. The van der Waals surface area contributed by atoms with E-state index < -0.39 is 5.92 Å². The molecule has 1 N–H and O–H groups in total. The monoisotopic (exact) mass is 321 g/mol. The molecule has 0 spiro atoms. The third-order valence-corrected chi connectivity index (χ3v) is 3.50. The molecule has 1 atom stereocenters. The van der Waals surface area contributed by atoms with E-state index in [1.54, 1.807) is 37.4 Å². The summed E-state index contributed by atoms with van der Waals surface area (Å²) in [4.78, 5) is 28.2. The molecule has 1 aromatic heterocycles. The molecule has 24 heavy (non-hydrogen) atoms. The van der Waals surface area contributed by atoms with Crippen LogP contribution in [0.3, 0.4) is 0 Å². The number of carbonyl (C=O) groups excluding carboxylic acids is 2. The number of carbonyl (C=O) groups is 2. The molecule has 2 aromatic rings. The lowest BCUT2D eigenvalue weighted by Crippen LogP contribution is -2.29. The summed E-state index contributed by atoms with van der Waals surface area (Å²) in [5.41, 5.74) is 4.08. The fourth-order valence-corrected chi connectivity index (χ4v) is 2.24. The molecule has 1 aromatic carbocycles. The molecular formula is C17H15N5O2. The van der Waals surface area contributed by atoms with Crippen molar-refractivity contribution in [2.24, 2.45) is 16.1 Å². The number of rotatable bonds is 4. The zero-order valence-electron chi connectivity index (χ0n) is 13.0. The highest BCUT2D eigenvalue weighted by Gasteiger charge is 2.33. The molecule has 0 saturated carbocycles. The summed E-state index contributed by atoms with van der Waals surface area (Å²) in [7, 11) is 0. The third kappa shape index (κ3) is 3.19. The summed E-state index contributed by atoms with van der Waals surface area (Å²) >= 11 is 0. The molecule has 7 nitrogen and oxygen atoms in total. The molecule has 7 heteroatoms. The van der Waals surface area contributed by atoms with Gasteiger partial charge in [-0.05, 0) is 31.2 Å². The van der Waals surface area contributed by atoms with Gasteiger partial charge in [-0.3, -0.25) is 14.6 Å². The van der Waals surface area contributed by atoms with E-state index in [1.165, 1.54) is 17.4 Å². The normalized spacial score (nSPS) is 17.2. The maximum absolute atomic E-state index is 12.5. The minimum atomic E-state index is -0.598. The largest absolute Gasteiger partial charge is 0.272 e. The van der Waals surface area contributed by atoms with Gasteiger partial charge in [0.15, 0.2) is 0 Å². The van der Waals surface area contributed by atoms with Crippen LogP contribution in [0.2, 0.25) is 0 Å². The first-order valence-corrected chi connectivity index (χ1v) is 7.34. The van der Waals surface area contributed by atoms with Crippen LogP contribution in [0.5, 0.6) is 0 Å². The van der Waals surface area contributed by atoms with Gasteiger partial charge in [0.1, 0.15) is 5.92 Å².